The van der Waals surface area contributed by atoms with Crippen LogP contribution in [0, 0.1) is 6.92 Å². The number of nitrogens with zero attached hydrogens (tertiary/aromatic N) is 1. The summed E-state index contributed by atoms with van der Waals surface area (Å²) in [6.45, 7) is 2.03. The normalized spacial score (nSPS) is 10.0. The molecule has 0 spiro atoms. The van der Waals surface area contributed by atoms with E-state index in [2.05, 4.69) is 9.72 Å². The summed E-state index contributed by atoms with van der Waals surface area (Å²) in [5, 5.41) is 0. The highest BCUT2D eigenvalue weighted by Gasteiger charge is 2.07. The molecule has 17 heavy (non-hydrogen) atoms. The summed E-state index contributed by atoms with van der Waals surface area (Å²) in [7, 11) is 1.36. The van der Waals surface area contributed by atoms with Gasteiger partial charge in [0.2, 0.25) is 0 Å². The van der Waals surface area contributed by atoms with Crippen LogP contribution >= 0.6 is 0 Å². The van der Waals surface area contributed by atoms with Crippen LogP contribution in [0.1, 0.15) is 15.9 Å². The van der Waals surface area contributed by atoms with Gasteiger partial charge in [-0.2, -0.15) is 0 Å². The summed E-state index contributed by atoms with van der Waals surface area (Å²) in [5.74, 6) is -0.369. The second-order valence-electron chi connectivity index (χ2n) is 3.82. The molecule has 0 radical (unpaired) electrons. The van der Waals surface area contributed by atoms with Gasteiger partial charge in [-0.1, -0.05) is 29.8 Å². The topological polar surface area (TPSA) is 39.2 Å². The first-order valence-electron chi connectivity index (χ1n) is 5.31. The quantitative estimate of drug-likeness (QED) is 0.740. The number of methoxy groups -OCH3 is 1. The van der Waals surface area contributed by atoms with E-state index in [0.29, 0.717) is 5.56 Å². The fourth-order valence-electron chi connectivity index (χ4n) is 1.57. The third kappa shape index (κ3) is 2.50. The van der Waals surface area contributed by atoms with Crippen molar-refractivity contribution in [2.75, 3.05) is 7.11 Å². The Labute approximate surface area is 100 Å². The van der Waals surface area contributed by atoms with Crippen LogP contribution in [0.2, 0.25) is 0 Å². The number of aryl methyl sites for hydroxylation is 1. The molecule has 0 saturated carbocycles. The average Bonchev–Trinajstić information content (AvgIpc) is 2.39. The van der Waals surface area contributed by atoms with Gasteiger partial charge in [-0.25, -0.2) is 4.79 Å². The van der Waals surface area contributed by atoms with Crippen molar-refractivity contribution >= 4 is 5.97 Å². The number of hydrogen-bond donors (Lipinski definition) is 0. The second-order valence-corrected chi connectivity index (χ2v) is 3.82. The molecule has 2 rings (SSSR count). The number of esters is 1. The molecule has 0 fully saturated rings. The summed E-state index contributed by atoms with van der Waals surface area (Å²) in [6, 6.07) is 9.85. The maximum Gasteiger partial charge on any atom is 0.339 e. The summed E-state index contributed by atoms with van der Waals surface area (Å²) < 4.78 is 4.67. The van der Waals surface area contributed by atoms with Gasteiger partial charge in [0, 0.05) is 18.0 Å². The monoisotopic (exact) mass is 227 g/mol. The van der Waals surface area contributed by atoms with Crippen LogP contribution in [-0.2, 0) is 4.74 Å². The van der Waals surface area contributed by atoms with E-state index in [-0.39, 0.29) is 5.97 Å². The largest absolute Gasteiger partial charge is 0.465 e. The van der Waals surface area contributed by atoms with Crippen molar-refractivity contribution in [2.45, 2.75) is 6.92 Å². The highest BCUT2D eigenvalue weighted by atomic mass is 16.5. The summed E-state index contributed by atoms with van der Waals surface area (Å²) in [5.41, 5.74) is 3.61. The fraction of sp³-hybridized carbons (Fsp3) is 0.143. The molecule has 0 aliphatic heterocycles. The molecule has 0 bridgehead atoms. The molecule has 3 nitrogen and oxygen atoms in total. The minimum atomic E-state index is -0.369. The van der Waals surface area contributed by atoms with E-state index in [0.717, 1.165) is 11.1 Å². The standard InChI is InChI=1S/C14H13NO2/c1-10-3-5-11(6-4-10)12-7-13(9-15-8-12)14(16)17-2/h3-9H,1-2H3. The zero-order valence-electron chi connectivity index (χ0n) is 9.81. The van der Waals surface area contributed by atoms with Crippen molar-refractivity contribution in [1.82, 2.24) is 4.98 Å². The Hall–Kier alpha value is -2.16. The molecule has 0 aliphatic rings. The van der Waals surface area contributed by atoms with Crippen LogP contribution in [-0.4, -0.2) is 18.1 Å². The van der Waals surface area contributed by atoms with E-state index in [1.807, 2.05) is 31.2 Å². The summed E-state index contributed by atoms with van der Waals surface area (Å²) >= 11 is 0. The SMILES string of the molecule is COC(=O)c1cncc(-c2ccc(C)cc2)c1. The number of rotatable bonds is 2. The van der Waals surface area contributed by atoms with Gasteiger partial charge in [-0.3, -0.25) is 4.98 Å². The first-order valence-corrected chi connectivity index (χ1v) is 5.31. The number of hydrogen-bond acceptors (Lipinski definition) is 3. The van der Waals surface area contributed by atoms with E-state index in [1.54, 1.807) is 12.3 Å². The van der Waals surface area contributed by atoms with Crippen molar-refractivity contribution in [2.24, 2.45) is 0 Å². The molecule has 0 amide bonds. The Morgan fingerprint density at radius 3 is 2.47 bits per heavy atom. The molecular formula is C14H13NO2. The van der Waals surface area contributed by atoms with Crippen LogP contribution in [0.5, 0.6) is 0 Å². The smallest absolute Gasteiger partial charge is 0.339 e. The average molecular weight is 227 g/mol. The minimum Gasteiger partial charge on any atom is -0.465 e. The van der Waals surface area contributed by atoms with Crippen LogP contribution in [0.3, 0.4) is 0 Å². The van der Waals surface area contributed by atoms with Crippen LogP contribution in [0.4, 0.5) is 0 Å². The lowest BCUT2D eigenvalue weighted by atomic mass is 10.0. The number of benzene rings is 1. The van der Waals surface area contributed by atoms with Crippen LogP contribution in [0.25, 0.3) is 11.1 Å². The van der Waals surface area contributed by atoms with Gasteiger partial charge in [0.1, 0.15) is 0 Å². The Balaban J connectivity index is 2.39. The van der Waals surface area contributed by atoms with Gasteiger partial charge in [-0.05, 0) is 18.6 Å². The van der Waals surface area contributed by atoms with Gasteiger partial charge in [0.05, 0.1) is 12.7 Å². The van der Waals surface area contributed by atoms with Gasteiger partial charge < -0.3 is 4.74 Å². The van der Waals surface area contributed by atoms with E-state index < -0.39 is 0 Å². The van der Waals surface area contributed by atoms with Crippen molar-refractivity contribution in [3.05, 3.63) is 53.9 Å². The highest BCUT2D eigenvalue weighted by Crippen LogP contribution is 2.20. The molecule has 3 heteroatoms. The fourth-order valence-corrected chi connectivity index (χ4v) is 1.57. The first-order chi connectivity index (χ1) is 8.20. The van der Waals surface area contributed by atoms with Crippen LogP contribution in [0.15, 0.2) is 42.7 Å². The Morgan fingerprint density at radius 1 is 1.12 bits per heavy atom. The van der Waals surface area contributed by atoms with Crippen molar-refractivity contribution in [3.8, 4) is 11.1 Å². The number of carbonyl (C=O) groups excluding carboxylic acids is 1. The maximum absolute atomic E-state index is 11.4. The third-order valence-electron chi connectivity index (χ3n) is 2.54. The Bertz CT molecular complexity index is 532. The van der Waals surface area contributed by atoms with Gasteiger partial charge in [-0.15, -0.1) is 0 Å². The molecule has 0 saturated heterocycles. The molecular weight excluding hydrogens is 214 g/mol. The number of aromatic nitrogens is 1. The minimum absolute atomic E-state index is 0.369. The number of pyridine rings is 1. The molecule has 0 N–H and O–H groups in total. The molecule has 1 aromatic carbocycles. The molecule has 0 unspecified atom stereocenters. The lowest BCUT2D eigenvalue weighted by molar-refractivity contribution is 0.0600. The van der Waals surface area contributed by atoms with Gasteiger partial charge in [0.15, 0.2) is 0 Å². The lowest BCUT2D eigenvalue weighted by Crippen LogP contribution is -2.01. The summed E-state index contributed by atoms with van der Waals surface area (Å²) in [4.78, 5) is 15.4. The number of carbonyl (C=O) groups is 1. The van der Waals surface area contributed by atoms with Crippen molar-refractivity contribution < 1.29 is 9.53 Å². The first kappa shape index (κ1) is 11.3. The zero-order chi connectivity index (χ0) is 12.3. The lowest BCUT2D eigenvalue weighted by Gasteiger charge is -2.04. The van der Waals surface area contributed by atoms with Crippen molar-refractivity contribution in [1.29, 1.82) is 0 Å². The number of ether oxygens (including phenoxy) is 1. The maximum atomic E-state index is 11.4. The van der Waals surface area contributed by atoms with Crippen molar-refractivity contribution in [3.63, 3.8) is 0 Å². The summed E-state index contributed by atoms with van der Waals surface area (Å²) in [6.07, 6.45) is 3.24. The van der Waals surface area contributed by atoms with Gasteiger partial charge >= 0.3 is 5.97 Å². The van der Waals surface area contributed by atoms with Gasteiger partial charge in [0.25, 0.3) is 0 Å². The predicted molar refractivity (Wildman–Crippen MR) is 65.7 cm³/mol. The molecule has 1 heterocycles. The Kier molecular flexibility index (Phi) is 3.19. The van der Waals surface area contributed by atoms with E-state index in [4.69, 9.17) is 0 Å². The predicted octanol–water partition coefficient (Wildman–Crippen LogP) is 2.84. The molecule has 86 valence electrons. The van der Waals surface area contributed by atoms with E-state index in [9.17, 15) is 4.79 Å². The highest BCUT2D eigenvalue weighted by molar-refractivity contribution is 5.90. The third-order valence-corrected chi connectivity index (χ3v) is 2.54. The molecule has 0 atom stereocenters. The van der Waals surface area contributed by atoms with E-state index in [1.165, 1.54) is 18.9 Å². The van der Waals surface area contributed by atoms with Crippen LogP contribution < -0.4 is 0 Å². The molecule has 2 aromatic rings. The molecule has 1 aromatic heterocycles. The Morgan fingerprint density at radius 2 is 1.82 bits per heavy atom. The molecule has 0 aliphatic carbocycles. The zero-order valence-corrected chi connectivity index (χ0v) is 9.81. The second kappa shape index (κ2) is 4.78. The van der Waals surface area contributed by atoms with E-state index >= 15 is 0 Å².